The van der Waals surface area contributed by atoms with E-state index >= 15 is 0 Å². The van der Waals surface area contributed by atoms with Crippen LogP contribution in [0.3, 0.4) is 0 Å². The molecule has 1 N–H and O–H groups in total. The van der Waals surface area contributed by atoms with Crippen molar-refractivity contribution in [3.63, 3.8) is 0 Å². The Hall–Kier alpha value is -0.0800. The van der Waals surface area contributed by atoms with Gasteiger partial charge in [0, 0.05) is 18.6 Å². The first-order valence-electron chi connectivity index (χ1n) is 7.76. The van der Waals surface area contributed by atoms with Gasteiger partial charge in [0.2, 0.25) is 0 Å². The van der Waals surface area contributed by atoms with Crippen LogP contribution in [0.15, 0.2) is 0 Å². The lowest BCUT2D eigenvalue weighted by molar-refractivity contribution is 0.197. The number of piperidine rings is 1. The van der Waals surface area contributed by atoms with Gasteiger partial charge in [0.25, 0.3) is 0 Å². The highest BCUT2D eigenvalue weighted by atomic mass is 15.2. The molecule has 1 saturated carbocycles. The lowest BCUT2D eigenvalue weighted by Gasteiger charge is -2.34. The van der Waals surface area contributed by atoms with Crippen LogP contribution in [0, 0.1) is 17.8 Å². The minimum Gasteiger partial charge on any atom is -0.311 e. The van der Waals surface area contributed by atoms with E-state index in [0.717, 1.165) is 29.8 Å². The van der Waals surface area contributed by atoms with Crippen LogP contribution in [-0.2, 0) is 0 Å². The number of nitrogens with zero attached hydrogens (tertiary/aromatic N) is 1. The van der Waals surface area contributed by atoms with Crippen molar-refractivity contribution < 1.29 is 0 Å². The fourth-order valence-corrected chi connectivity index (χ4v) is 4.50. The number of hydrogen-bond acceptors (Lipinski definition) is 2. The molecule has 3 fully saturated rings. The van der Waals surface area contributed by atoms with Gasteiger partial charge in [-0.2, -0.15) is 0 Å². The van der Waals surface area contributed by atoms with Crippen molar-refractivity contribution in [1.29, 1.82) is 0 Å². The first-order chi connectivity index (χ1) is 8.28. The molecule has 0 radical (unpaired) electrons. The third kappa shape index (κ3) is 2.26. The number of rotatable bonds is 3. The van der Waals surface area contributed by atoms with Crippen molar-refractivity contribution in [1.82, 2.24) is 10.2 Å². The second-order valence-corrected chi connectivity index (χ2v) is 6.62. The summed E-state index contributed by atoms with van der Waals surface area (Å²) in [7, 11) is 0. The summed E-state index contributed by atoms with van der Waals surface area (Å²) in [6.07, 6.45) is 7.09. The van der Waals surface area contributed by atoms with Gasteiger partial charge in [-0.25, -0.2) is 0 Å². The average Bonchev–Trinajstić information content (AvgIpc) is 2.88. The van der Waals surface area contributed by atoms with Gasteiger partial charge in [0.1, 0.15) is 0 Å². The average molecular weight is 236 g/mol. The van der Waals surface area contributed by atoms with E-state index in [1.165, 1.54) is 51.7 Å². The number of fused-ring (bicyclic) bond motifs is 2. The highest BCUT2D eigenvalue weighted by molar-refractivity contribution is 4.95. The zero-order valence-corrected chi connectivity index (χ0v) is 11.5. The molecular weight excluding hydrogens is 208 g/mol. The first-order valence-corrected chi connectivity index (χ1v) is 7.76. The van der Waals surface area contributed by atoms with Gasteiger partial charge in [-0.05, 0) is 56.5 Å². The topological polar surface area (TPSA) is 15.3 Å². The molecule has 2 nitrogen and oxygen atoms in total. The van der Waals surface area contributed by atoms with Crippen LogP contribution in [0.4, 0.5) is 0 Å². The summed E-state index contributed by atoms with van der Waals surface area (Å²) in [6, 6.07) is 1.65. The van der Waals surface area contributed by atoms with E-state index in [-0.39, 0.29) is 0 Å². The van der Waals surface area contributed by atoms with Gasteiger partial charge in [-0.1, -0.05) is 20.3 Å². The lowest BCUT2D eigenvalue weighted by atomic mass is 9.90. The molecule has 17 heavy (non-hydrogen) atoms. The quantitative estimate of drug-likeness (QED) is 0.810. The summed E-state index contributed by atoms with van der Waals surface area (Å²) in [4.78, 5) is 2.65. The highest BCUT2D eigenvalue weighted by Gasteiger charge is 2.38. The number of hydrogen-bond donors (Lipinski definition) is 1. The minimum atomic E-state index is 0.817. The smallest absolute Gasteiger partial charge is 0.0123 e. The third-order valence-electron chi connectivity index (χ3n) is 5.81. The van der Waals surface area contributed by atoms with Gasteiger partial charge in [0.05, 0.1) is 0 Å². The summed E-state index contributed by atoms with van der Waals surface area (Å²) in [5.41, 5.74) is 0. The predicted octanol–water partition coefficient (Wildman–Crippen LogP) is 2.49. The maximum Gasteiger partial charge on any atom is 0.0123 e. The molecule has 0 aromatic rings. The molecule has 6 unspecified atom stereocenters. The normalized spacial score (nSPS) is 49.8. The molecule has 2 bridgehead atoms. The van der Waals surface area contributed by atoms with Crippen LogP contribution in [0.5, 0.6) is 0 Å². The second kappa shape index (κ2) is 4.89. The Labute approximate surface area is 106 Å². The molecule has 3 aliphatic rings. The van der Waals surface area contributed by atoms with Crippen molar-refractivity contribution >= 4 is 0 Å². The minimum absolute atomic E-state index is 0.817. The summed E-state index contributed by atoms with van der Waals surface area (Å²) >= 11 is 0. The predicted molar refractivity (Wildman–Crippen MR) is 72.1 cm³/mol. The maximum absolute atomic E-state index is 4.03. The van der Waals surface area contributed by atoms with E-state index in [1.54, 1.807) is 0 Å². The fraction of sp³-hybridized carbons (Fsp3) is 1.00. The van der Waals surface area contributed by atoms with Crippen LogP contribution >= 0.6 is 0 Å². The van der Waals surface area contributed by atoms with E-state index in [2.05, 4.69) is 24.1 Å². The molecule has 0 aromatic heterocycles. The summed E-state index contributed by atoms with van der Waals surface area (Å²) in [5, 5.41) is 4.03. The van der Waals surface area contributed by atoms with Gasteiger partial charge in [0.15, 0.2) is 0 Å². The summed E-state index contributed by atoms with van der Waals surface area (Å²) in [6.45, 7) is 8.91. The van der Waals surface area contributed by atoms with Crippen molar-refractivity contribution in [2.45, 2.75) is 58.0 Å². The van der Waals surface area contributed by atoms with Crippen molar-refractivity contribution in [2.75, 3.05) is 19.6 Å². The Balaban J connectivity index is 1.56. The van der Waals surface area contributed by atoms with E-state index in [9.17, 15) is 0 Å². The Morgan fingerprint density at radius 1 is 1.06 bits per heavy atom. The molecule has 1 aliphatic carbocycles. The molecule has 3 rings (SSSR count). The largest absolute Gasteiger partial charge is 0.311 e. The van der Waals surface area contributed by atoms with Crippen molar-refractivity contribution in [3.8, 4) is 0 Å². The molecule has 2 aliphatic heterocycles. The van der Waals surface area contributed by atoms with Crippen LogP contribution in [0.2, 0.25) is 0 Å². The maximum atomic E-state index is 4.03. The molecule has 2 heterocycles. The lowest BCUT2D eigenvalue weighted by Crippen LogP contribution is -2.48. The number of nitrogens with one attached hydrogen (secondary N) is 1. The molecule has 0 spiro atoms. The molecule has 0 amide bonds. The molecule has 98 valence electrons. The Morgan fingerprint density at radius 2 is 1.88 bits per heavy atom. The Morgan fingerprint density at radius 3 is 2.65 bits per heavy atom. The summed E-state index contributed by atoms with van der Waals surface area (Å²) in [5.74, 6) is 2.84. The molecule has 0 aromatic carbocycles. The SMILES string of the molecule is CCC1CCC(NC2CCN3CCC2C3)C1C. The van der Waals surface area contributed by atoms with Gasteiger partial charge in [-0.15, -0.1) is 0 Å². The van der Waals surface area contributed by atoms with E-state index in [4.69, 9.17) is 0 Å². The molecule has 6 atom stereocenters. The third-order valence-corrected chi connectivity index (χ3v) is 5.81. The van der Waals surface area contributed by atoms with Crippen LogP contribution in [0.1, 0.15) is 46.0 Å². The van der Waals surface area contributed by atoms with Crippen LogP contribution in [0.25, 0.3) is 0 Å². The van der Waals surface area contributed by atoms with E-state index in [0.29, 0.717) is 0 Å². The van der Waals surface area contributed by atoms with E-state index < -0.39 is 0 Å². The standard InChI is InChI=1S/C15H28N2/c1-3-12-4-5-14(11(12)2)16-15-7-9-17-8-6-13(15)10-17/h11-16H,3-10H2,1-2H3. The fourth-order valence-electron chi connectivity index (χ4n) is 4.50. The molecular formula is C15H28N2. The van der Waals surface area contributed by atoms with Gasteiger partial charge < -0.3 is 10.2 Å². The zero-order valence-electron chi connectivity index (χ0n) is 11.5. The van der Waals surface area contributed by atoms with Crippen LogP contribution < -0.4 is 5.32 Å². The first kappa shape index (κ1) is 12.0. The van der Waals surface area contributed by atoms with Gasteiger partial charge in [-0.3, -0.25) is 0 Å². The second-order valence-electron chi connectivity index (χ2n) is 6.62. The monoisotopic (exact) mass is 236 g/mol. The Kier molecular flexibility index (Phi) is 3.45. The van der Waals surface area contributed by atoms with E-state index in [1.807, 2.05) is 0 Å². The Bertz CT molecular complexity index is 266. The highest BCUT2D eigenvalue weighted by Crippen LogP contribution is 2.36. The zero-order chi connectivity index (χ0) is 11.8. The van der Waals surface area contributed by atoms with Crippen molar-refractivity contribution in [2.24, 2.45) is 17.8 Å². The molecule has 2 saturated heterocycles. The van der Waals surface area contributed by atoms with Crippen molar-refractivity contribution in [3.05, 3.63) is 0 Å². The molecule has 2 heteroatoms. The van der Waals surface area contributed by atoms with Crippen LogP contribution in [-0.4, -0.2) is 36.6 Å². The summed E-state index contributed by atoms with van der Waals surface area (Å²) < 4.78 is 0. The van der Waals surface area contributed by atoms with Gasteiger partial charge >= 0.3 is 0 Å².